The first-order valence-corrected chi connectivity index (χ1v) is 12.6. The van der Waals surface area contributed by atoms with Crippen LogP contribution in [0.1, 0.15) is 60.7 Å². The smallest absolute Gasteiger partial charge is 0.407 e. The summed E-state index contributed by atoms with van der Waals surface area (Å²) in [6.07, 6.45) is 2.59. The third-order valence-electron chi connectivity index (χ3n) is 5.48. The molecule has 12 nitrogen and oxygen atoms in total. The van der Waals surface area contributed by atoms with Crippen molar-refractivity contribution in [3.63, 3.8) is 0 Å². The molecular weight excluding hydrogens is 506 g/mol. The molecule has 0 saturated carbocycles. The topological polar surface area (TPSA) is 152 Å². The van der Waals surface area contributed by atoms with Crippen LogP contribution < -0.4 is 10.6 Å². The number of nitrogens with one attached hydrogen (secondary N) is 3. The van der Waals surface area contributed by atoms with E-state index in [1.807, 2.05) is 6.92 Å². The maximum Gasteiger partial charge on any atom is 0.407 e. The molecule has 3 amide bonds. The summed E-state index contributed by atoms with van der Waals surface area (Å²) in [5, 5.41) is 5.33. The molecule has 3 rings (SSSR count). The summed E-state index contributed by atoms with van der Waals surface area (Å²) in [5.74, 6) is -1.09. The van der Waals surface area contributed by atoms with E-state index in [9.17, 15) is 19.2 Å². The van der Waals surface area contributed by atoms with E-state index >= 15 is 0 Å². The predicted octanol–water partition coefficient (Wildman–Crippen LogP) is 2.89. The van der Waals surface area contributed by atoms with E-state index in [0.29, 0.717) is 33.8 Å². The lowest BCUT2D eigenvalue weighted by atomic mass is 10.0. The zero-order valence-electron chi connectivity index (χ0n) is 23.1. The number of fused-ring (bicyclic) bond motifs is 1. The van der Waals surface area contributed by atoms with Gasteiger partial charge in [-0.05, 0) is 52.8 Å². The van der Waals surface area contributed by atoms with Crippen molar-refractivity contribution in [1.82, 2.24) is 20.2 Å². The summed E-state index contributed by atoms with van der Waals surface area (Å²) in [7, 11) is 1.62. The molecule has 0 fully saturated rings. The number of pyridine rings is 1. The summed E-state index contributed by atoms with van der Waals surface area (Å²) in [6.45, 7) is 9.42. The minimum atomic E-state index is -0.596. The monoisotopic (exact) mass is 541 g/mol. The first kappa shape index (κ1) is 29.4. The number of likely N-dealkylation sites (N-methyl/N-ethyl adjacent to an activating group) is 1. The van der Waals surface area contributed by atoms with Gasteiger partial charge in [-0.1, -0.05) is 0 Å². The quantitative estimate of drug-likeness (QED) is 0.236. The van der Waals surface area contributed by atoms with Crippen LogP contribution in [0.25, 0.3) is 11.6 Å². The van der Waals surface area contributed by atoms with Crippen LogP contribution in [0.5, 0.6) is 0 Å². The van der Waals surface area contributed by atoms with Gasteiger partial charge < -0.3 is 34.7 Å². The van der Waals surface area contributed by atoms with Crippen LogP contribution in [0.15, 0.2) is 18.3 Å². The van der Waals surface area contributed by atoms with Gasteiger partial charge >= 0.3 is 12.1 Å². The fourth-order valence-electron chi connectivity index (χ4n) is 3.75. The standard InChI is InChI=1S/C27H35N5O7/c1-7-38-25(35)20-10-16(2)30-21(20)12-19-18-11-17(29-13-22(18)31-24(19)34)14-32(6)23(33)15-37-9-8-28-26(36)39-27(3,4)5/h10-13,30H,7-9,14-15H2,1-6H3,(H,28,36)(H,31,34)/b19-12-. The highest BCUT2D eigenvalue weighted by Gasteiger charge is 2.27. The molecule has 0 aromatic carbocycles. The third kappa shape index (κ3) is 8.14. The maximum atomic E-state index is 12.7. The maximum absolute atomic E-state index is 12.7. The van der Waals surface area contributed by atoms with Crippen LogP contribution in [-0.4, -0.2) is 77.8 Å². The minimum Gasteiger partial charge on any atom is -0.462 e. The van der Waals surface area contributed by atoms with Gasteiger partial charge in [0.05, 0.1) is 54.2 Å². The number of amides is 3. The van der Waals surface area contributed by atoms with Crippen molar-refractivity contribution in [1.29, 1.82) is 0 Å². The molecule has 1 aliphatic heterocycles. The Kier molecular flexibility index (Phi) is 9.47. The normalized spacial score (nSPS) is 13.6. The number of aromatic amines is 1. The highest BCUT2D eigenvalue weighted by Crippen LogP contribution is 2.33. The van der Waals surface area contributed by atoms with E-state index in [0.717, 1.165) is 5.69 Å². The van der Waals surface area contributed by atoms with E-state index in [4.69, 9.17) is 14.2 Å². The van der Waals surface area contributed by atoms with E-state index < -0.39 is 17.7 Å². The van der Waals surface area contributed by atoms with Crippen molar-refractivity contribution in [3.05, 3.63) is 46.5 Å². The zero-order valence-corrected chi connectivity index (χ0v) is 23.1. The fourth-order valence-corrected chi connectivity index (χ4v) is 3.75. The molecule has 2 aromatic rings. The Bertz CT molecular complexity index is 1280. The van der Waals surface area contributed by atoms with Crippen LogP contribution in [-0.2, 0) is 30.3 Å². The zero-order chi connectivity index (χ0) is 28.7. The molecule has 0 bridgehead atoms. The molecule has 3 N–H and O–H groups in total. The van der Waals surface area contributed by atoms with Crippen LogP contribution in [0.4, 0.5) is 10.5 Å². The Morgan fingerprint density at radius 1 is 1.21 bits per heavy atom. The fraction of sp³-hybridized carbons (Fsp3) is 0.444. The molecule has 0 atom stereocenters. The third-order valence-corrected chi connectivity index (χ3v) is 5.48. The van der Waals surface area contributed by atoms with Gasteiger partial charge in [-0.25, -0.2) is 9.59 Å². The summed E-state index contributed by atoms with van der Waals surface area (Å²) in [5.41, 5.74) is 3.02. The number of alkyl carbamates (subject to hydrolysis) is 1. The van der Waals surface area contributed by atoms with Crippen molar-refractivity contribution in [2.75, 3.05) is 38.7 Å². The Morgan fingerprint density at radius 2 is 1.95 bits per heavy atom. The predicted molar refractivity (Wildman–Crippen MR) is 144 cm³/mol. The van der Waals surface area contributed by atoms with E-state index in [-0.39, 0.29) is 44.7 Å². The average molecular weight is 542 g/mol. The number of hydrogen-bond acceptors (Lipinski definition) is 8. The summed E-state index contributed by atoms with van der Waals surface area (Å²) < 4.78 is 15.6. The lowest BCUT2D eigenvalue weighted by Crippen LogP contribution is -2.35. The van der Waals surface area contributed by atoms with Crippen molar-refractivity contribution in [3.8, 4) is 0 Å². The molecule has 39 heavy (non-hydrogen) atoms. The highest BCUT2D eigenvalue weighted by atomic mass is 16.6. The average Bonchev–Trinajstić information content (AvgIpc) is 3.36. The molecule has 3 heterocycles. The van der Waals surface area contributed by atoms with Crippen LogP contribution in [0.2, 0.25) is 0 Å². The van der Waals surface area contributed by atoms with Crippen molar-refractivity contribution in [2.45, 2.75) is 46.8 Å². The van der Waals surface area contributed by atoms with Gasteiger partial charge in [-0.15, -0.1) is 0 Å². The number of nitrogens with zero attached hydrogens (tertiary/aromatic N) is 2. The Balaban J connectivity index is 1.61. The summed E-state index contributed by atoms with van der Waals surface area (Å²) in [4.78, 5) is 58.2. The van der Waals surface area contributed by atoms with Crippen molar-refractivity contribution in [2.24, 2.45) is 0 Å². The minimum absolute atomic E-state index is 0.143. The number of aryl methyl sites for hydroxylation is 1. The first-order valence-electron chi connectivity index (χ1n) is 12.6. The van der Waals surface area contributed by atoms with Gasteiger partial charge in [0.15, 0.2) is 0 Å². The molecule has 12 heteroatoms. The molecule has 1 aliphatic rings. The number of hydrogen-bond donors (Lipinski definition) is 3. The number of ether oxygens (including phenoxy) is 3. The van der Waals surface area contributed by atoms with Gasteiger partial charge in [0.1, 0.15) is 12.2 Å². The molecule has 0 saturated heterocycles. The summed E-state index contributed by atoms with van der Waals surface area (Å²) >= 11 is 0. The SMILES string of the molecule is CCOC(=O)c1cc(C)[nH]c1/C=C1\C(=O)Nc2cnc(CN(C)C(=O)COCCNC(=O)OC(C)(C)C)cc21. The largest absolute Gasteiger partial charge is 0.462 e. The van der Waals surface area contributed by atoms with Crippen LogP contribution in [0, 0.1) is 6.92 Å². The van der Waals surface area contributed by atoms with E-state index in [1.165, 1.54) is 11.1 Å². The molecule has 2 aromatic heterocycles. The van der Waals surface area contributed by atoms with Gasteiger partial charge in [-0.2, -0.15) is 0 Å². The Labute approximate surface area is 227 Å². The second-order valence-electron chi connectivity index (χ2n) is 9.96. The molecule has 210 valence electrons. The highest BCUT2D eigenvalue weighted by molar-refractivity contribution is 6.35. The number of esters is 1. The molecule has 0 radical (unpaired) electrons. The second-order valence-corrected chi connectivity index (χ2v) is 9.96. The number of carbonyl (C=O) groups excluding carboxylic acids is 4. The van der Waals surface area contributed by atoms with E-state index in [1.54, 1.807) is 53.0 Å². The molecule has 0 spiro atoms. The molecular formula is C27H35N5O7. The molecule has 0 unspecified atom stereocenters. The summed E-state index contributed by atoms with van der Waals surface area (Å²) in [6, 6.07) is 3.40. The van der Waals surface area contributed by atoms with Crippen molar-refractivity contribution < 1.29 is 33.4 Å². The van der Waals surface area contributed by atoms with Crippen LogP contribution >= 0.6 is 0 Å². The Morgan fingerprint density at radius 3 is 2.64 bits per heavy atom. The number of anilines is 1. The number of H-pyrrole nitrogens is 1. The van der Waals surface area contributed by atoms with Gasteiger partial charge in [-0.3, -0.25) is 14.6 Å². The second kappa shape index (κ2) is 12.6. The lowest BCUT2D eigenvalue weighted by Gasteiger charge is -2.20. The van der Waals surface area contributed by atoms with E-state index in [2.05, 4.69) is 20.6 Å². The Hall–Kier alpha value is -4.19. The number of rotatable bonds is 10. The van der Waals surface area contributed by atoms with Crippen molar-refractivity contribution >= 4 is 41.2 Å². The number of aromatic nitrogens is 2. The van der Waals surface area contributed by atoms with Gasteiger partial charge in [0.2, 0.25) is 5.91 Å². The number of carbonyl (C=O) groups is 4. The lowest BCUT2D eigenvalue weighted by molar-refractivity contribution is -0.135. The van der Waals surface area contributed by atoms with Crippen LogP contribution in [0.3, 0.4) is 0 Å². The first-order chi connectivity index (χ1) is 18.4. The van der Waals surface area contributed by atoms with Gasteiger partial charge in [0.25, 0.3) is 5.91 Å². The molecule has 0 aliphatic carbocycles. The van der Waals surface area contributed by atoms with Gasteiger partial charge in [0, 0.05) is 24.8 Å².